The fourth-order valence-corrected chi connectivity index (χ4v) is 4.78. The minimum Gasteiger partial charge on any atom is -0.454 e. The molecule has 0 unspecified atom stereocenters. The van der Waals surface area contributed by atoms with Gasteiger partial charge < -0.3 is 14.0 Å². The summed E-state index contributed by atoms with van der Waals surface area (Å²) in [7, 11) is 0. The zero-order chi connectivity index (χ0) is 17.4. The van der Waals surface area contributed by atoms with Gasteiger partial charge in [0.05, 0.1) is 4.88 Å². The van der Waals surface area contributed by atoms with Gasteiger partial charge in [-0.25, -0.2) is 0 Å². The van der Waals surface area contributed by atoms with Crippen molar-refractivity contribution in [1.82, 2.24) is 14.8 Å². The molecular weight excluding hydrogens is 378 g/mol. The lowest BCUT2D eigenvalue weighted by molar-refractivity contribution is 0.174. The van der Waals surface area contributed by atoms with E-state index in [-0.39, 0.29) is 6.79 Å². The number of rotatable bonds is 5. The Labute approximate surface area is 158 Å². The summed E-state index contributed by atoms with van der Waals surface area (Å²) in [5, 5.41) is 10.3. The summed E-state index contributed by atoms with van der Waals surface area (Å²) in [6.45, 7) is 5.26. The zero-order valence-electron chi connectivity index (χ0n) is 13.8. The van der Waals surface area contributed by atoms with Crippen LogP contribution in [0.3, 0.4) is 0 Å². The molecule has 2 aromatic heterocycles. The van der Waals surface area contributed by atoms with E-state index >= 15 is 0 Å². The third kappa shape index (κ3) is 3.23. The molecule has 8 heteroatoms. The number of thioether (sulfide) groups is 1. The summed E-state index contributed by atoms with van der Waals surface area (Å²) in [4.78, 5) is 2.40. The number of hydrogen-bond donors (Lipinski definition) is 0. The number of hydrogen-bond acceptors (Lipinski definition) is 6. The average Bonchev–Trinajstić information content (AvgIpc) is 3.31. The van der Waals surface area contributed by atoms with Gasteiger partial charge in [-0.15, -0.1) is 21.5 Å². The van der Waals surface area contributed by atoms with Crippen molar-refractivity contribution in [3.63, 3.8) is 0 Å². The topological polar surface area (TPSA) is 49.2 Å². The summed E-state index contributed by atoms with van der Waals surface area (Å²) >= 11 is 9.71. The van der Waals surface area contributed by atoms with Crippen LogP contribution in [-0.2, 0) is 12.3 Å². The van der Waals surface area contributed by atoms with Gasteiger partial charge in [0.25, 0.3) is 0 Å². The highest BCUT2D eigenvalue weighted by Gasteiger charge is 2.18. The highest BCUT2D eigenvalue weighted by molar-refractivity contribution is 7.98. The summed E-state index contributed by atoms with van der Waals surface area (Å²) < 4.78 is 12.9. The molecular formula is C17H16ClN3O2S2. The molecule has 0 saturated heterocycles. The molecule has 130 valence electrons. The normalized spacial score (nSPS) is 12.8. The van der Waals surface area contributed by atoms with Gasteiger partial charge in [-0.3, -0.25) is 0 Å². The van der Waals surface area contributed by atoms with Crippen LogP contribution in [0.4, 0.5) is 0 Å². The molecule has 0 radical (unpaired) electrons. The van der Waals surface area contributed by atoms with Crippen LogP contribution in [0.1, 0.15) is 17.4 Å². The van der Waals surface area contributed by atoms with Gasteiger partial charge in [0.15, 0.2) is 22.5 Å². The van der Waals surface area contributed by atoms with Gasteiger partial charge in [0.2, 0.25) is 6.79 Å². The Hall–Kier alpha value is -1.70. The maximum Gasteiger partial charge on any atom is 0.231 e. The second kappa shape index (κ2) is 6.90. The van der Waals surface area contributed by atoms with Crippen LogP contribution in [-0.4, -0.2) is 21.6 Å². The summed E-state index contributed by atoms with van der Waals surface area (Å²) in [6.07, 6.45) is 0. The minimum atomic E-state index is 0.246. The van der Waals surface area contributed by atoms with Crippen molar-refractivity contribution in [3.8, 4) is 22.2 Å². The third-order valence-electron chi connectivity index (χ3n) is 3.89. The second-order valence-corrected chi connectivity index (χ2v) is 8.18. The van der Waals surface area contributed by atoms with E-state index in [0.717, 1.165) is 33.7 Å². The van der Waals surface area contributed by atoms with Crippen molar-refractivity contribution in [3.05, 3.63) is 39.7 Å². The molecule has 0 amide bonds. The Balaban J connectivity index is 1.57. The van der Waals surface area contributed by atoms with E-state index in [4.69, 9.17) is 21.1 Å². The van der Waals surface area contributed by atoms with Crippen molar-refractivity contribution in [1.29, 1.82) is 0 Å². The van der Waals surface area contributed by atoms with E-state index in [1.807, 2.05) is 12.1 Å². The monoisotopic (exact) mass is 393 g/mol. The number of ether oxygens (including phenoxy) is 2. The molecule has 5 nitrogen and oxygen atoms in total. The molecule has 25 heavy (non-hydrogen) atoms. The predicted molar refractivity (Wildman–Crippen MR) is 101 cm³/mol. The Morgan fingerprint density at radius 3 is 2.76 bits per heavy atom. The van der Waals surface area contributed by atoms with Crippen LogP contribution in [0.2, 0.25) is 5.02 Å². The maximum atomic E-state index is 6.36. The third-order valence-corrected chi connectivity index (χ3v) is 6.26. The smallest absolute Gasteiger partial charge is 0.231 e. The highest BCUT2D eigenvalue weighted by Crippen LogP contribution is 2.39. The fraction of sp³-hybridized carbons (Fsp3) is 0.294. The molecule has 0 atom stereocenters. The quantitative estimate of drug-likeness (QED) is 0.570. The number of aromatic nitrogens is 3. The van der Waals surface area contributed by atoms with Crippen molar-refractivity contribution < 1.29 is 9.47 Å². The van der Waals surface area contributed by atoms with Gasteiger partial charge >= 0.3 is 0 Å². The van der Waals surface area contributed by atoms with Gasteiger partial charge in [0, 0.05) is 28.3 Å². The molecule has 3 aromatic rings. The van der Waals surface area contributed by atoms with E-state index < -0.39 is 0 Å². The number of fused-ring (bicyclic) bond motifs is 1. The first kappa shape index (κ1) is 16.8. The van der Waals surface area contributed by atoms with Crippen molar-refractivity contribution in [2.24, 2.45) is 0 Å². The number of halogens is 1. The van der Waals surface area contributed by atoms with E-state index in [0.29, 0.717) is 16.5 Å². The molecule has 0 spiro atoms. The lowest BCUT2D eigenvalue weighted by atomic mass is 10.2. The predicted octanol–water partition coefficient (Wildman–Crippen LogP) is 5.01. The van der Waals surface area contributed by atoms with Crippen LogP contribution in [0.5, 0.6) is 11.5 Å². The number of benzene rings is 1. The van der Waals surface area contributed by atoms with E-state index in [1.165, 1.54) is 4.88 Å². The molecule has 0 aliphatic carbocycles. The first-order valence-electron chi connectivity index (χ1n) is 7.86. The standard InChI is InChI=1S/C17H16ClN3O2S2/c1-3-21-16(15-5-4-10(2)25-15)19-20-17(21)24-8-11-6-13-14(7-12(11)18)23-9-22-13/h4-7H,3,8-9H2,1-2H3. The van der Waals surface area contributed by atoms with Gasteiger partial charge in [-0.05, 0) is 37.6 Å². The van der Waals surface area contributed by atoms with Crippen molar-refractivity contribution in [2.45, 2.75) is 31.3 Å². The first-order valence-corrected chi connectivity index (χ1v) is 10.0. The average molecular weight is 394 g/mol. The zero-order valence-corrected chi connectivity index (χ0v) is 16.2. The van der Waals surface area contributed by atoms with Crippen LogP contribution in [0.15, 0.2) is 29.4 Å². The highest BCUT2D eigenvalue weighted by atomic mass is 35.5. The van der Waals surface area contributed by atoms with Crippen molar-refractivity contribution >= 4 is 34.7 Å². The Morgan fingerprint density at radius 2 is 2.04 bits per heavy atom. The Bertz CT molecular complexity index is 923. The largest absolute Gasteiger partial charge is 0.454 e. The van der Waals surface area contributed by atoms with Gasteiger partial charge in [-0.1, -0.05) is 23.4 Å². The van der Waals surface area contributed by atoms with E-state index in [1.54, 1.807) is 23.1 Å². The molecule has 0 N–H and O–H groups in total. The number of aryl methyl sites for hydroxylation is 1. The molecule has 1 aliphatic heterocycles. The lowest BCUT2D eigenvalue weighted by Gasteiger charge is -2.08. The summed E-state index contributed by atoms with van der Waals surface area (Å²) in [5.74, 6) is 3.05. The Kier molecular flexibility index (Phi) is 4.62. The lowest BCUT2D eigenvalue weighted by Crippen LogP contribution is -1.99. The maximum absolute atomic E-state index is 6.36. The molecule has 1 aliphatic rings. The molecule has 3 heterocycles. The summed E-state index contributed by atoms with van der Waals surface area (Å²) in [5.41, 5.74) is 0.995. The first-order chi connectivity index (χ1) is 12.2. The van der Waals surface area contributed by atoms with E-state index in [9.17, 15) is 0 Å². The molecule has 4 rings (SSSR count). The summed E-state index contributed by atoms with van der Waals surface area (Å²) in [6, 6.07) is 7.95. The SMILES string of the molecule is CCn1c(SCc2cc3c(cc2Cl)OCO3)nnc1-c1ccc(C)s1. The van der Waals surface area contributed by atoms with Crippen molar-refractivity contribution in [2.75, 3.05) is 6.79 Å². The van der Waals surface area contributed by atoms with E-state index in [2.05, 4.69) is 40.7 Å². The molecule has 1 aromatic carbocycles. The minimum absolute atomic E-state index is 0.246. The molecule has 0 saturated carbocycles. The van der Waals surface area contributed by atoms with Crippen LogP contribution < -0.4 is 9.47 Å². The van der Waals surface area contributed by atoms with Crippen LogP contribution in [0.25, 0.3) is 10.7 Å². The van der Waals surface area contributed by atoms with Crippen LogP contribution >= 0.6 is 34.7 Å². The van der Waals surface area contributed by atoms with Gasteiger partial charge in [0.1, 0.15) is 0 Å². The molecule has 0 bridgehead atoms. The number of thiophene rings is 1. The Morgan fingerprint density at radius 1 is 1.24 bits per heavy atom. The molecule has 0 fully saturated rings. The number of nitrogens with zero attached hydrogens (tertiary/aromatic N) is 3. The second-order valence-electron chi connectivity index (χ2n) is 5.55. The fourth-order valence-electron chi connectivity index (χ4n) is 2.63. The van der Waals surface area contributed by atoms with Crippen LogP contribution in [0, 0.1) is 6.92 Å². The van der Waals surface area contributed by atoms with Gasteiger partial charge in [-0.2, -0.15) is 0 Å².